The highest BCUT2D eigenvalue weighted by molar-refractivity contribution is 5.28. The molecule has 0 radical (unpaired) electrons. The van der Waals surface area contributed by atoms with Crippen molar-refractivity contribution in [3.05, 3.63) is 35.1 Å². The Morgan fingerprint density at radius 1 is 1.32 bits per heavy atom. The molecule has 1 heterocycles. The van der Waals surface area contributed by atoms with Crippen LogP contribution in [0.3, 0.4) is 0 Å². The average molecular weight is 265 g/mol. The molecular formula is C15H24FN3. The summed E-state index contributed by atoms with van der Waals surface area (Å²) in [7, 11) is 4.25. The summed E-state index contributed by atoms with van der Waals surface area (Å²) in [5.41, 5.74) is 7.79. The summed E-state index contributed by atoms with van der Waals surface area (Å²) < 4.78 is 13.4. The number of hydrogen-bond acceptors (Lipinski definition) is 3. The smallest absolute Gasteiger partial charge is 0.123 e. The number of rotatable bonds is 4. The van der Waals surface area contributed by atoms with Gasteiger partial charge in [-0.3, -0.25) is 4.90 Å². The Balaban J connectivity index is 2.08. The Labute approximate surface area is 115 Å². The minimum absolute atomic E-state index is 0.177. The molecule has 4 heteroatoms. The summed E-state index contributed by atoms with van der Waals surface area (Å²) in [5.74, 6) is 0.466. The third-order valence-electron chi connectivity index (χ3n) is 4.09. The lowest BCUT2D eigenvalue weighted by atomic mass is 10.1. The van der Waals surface area contributed by atoms with Gasteiger partial charge in [0.1, 0.15) is 5.82 Å². The molecule has 0 aliphatic carbocycles. The molecule has 0 saturated carbocycles. The molecule has 1 aliphatic rings. The van der Waals surface area contributed by atoms with Gasteiger partial charge in [0.25, 0.3) is 0 Å². The van der Waals surface area contributed by atoms with Crippen molar-refractivity contribution in [1.82, 2.24) is 9.80 Å². The van der Waals surface area contributed by atoms with Crippen molar-refractivity contribution < 1.29 is 4.39 Å². The molecule has 19 heavy (non-hydrogen) atoms. The van der Waals surface area contributed by atoms with Gasteiger partial charge in [-0.25, -0.2) is 4.39 Å². The first-order valence-electron chi connectivity index (χ1n) is 6.87. The fourth-order valence-electron chi connectivity index (χ4n) is 3.03. The predicted octanol–water partition coefficient (Wildman–Crippen LogP) is 1.67. The highest BCUT2D eigenvalue weighted by atomic mass is 19.1. The Morgan fingerprint density at radius 2 is 2.05 bits per heavy atom. The molecule has 0 bridgehead atoms. The van der Waals surface area contributed by atoms with Gasteiger partial charge in [-0.05, 0) is 43.3 Å². The van der Waals surface area contributed by atoms with Crippen LogP contribution >= 0.6 is 0 Å². The van der Waals surface area contributed by atoms with E-state index in [2.05, 4.69) is 30.8 Å². The van der Waals surface area contributed by atoms with Crippen LogP contribution in [0.25, 0.3) is 0 Å². The molecule has 1 aromatic carbocycles. The van der Waals surface area contributed by atoms with Crippen LogP contribution in [0.2, 0.25) is 0 Å². The topological polar surface area (TPSA) is 32.5 Å². The van der Waals surface area contributed by atoms with Crippen molar-refractivity contribution in [1.29, 1.82) is 0 Å². The summed E-state index contributed by atoms with van der Waals surface area (Å²) in [6.45, 7) is 5.63. The Hall–Kier alpha value is -0.970. The fourth-order valence-corrected chi connectivity index (χ4v) is 3.03. The van der Waals surface area contributed by atoms with Gasteiger partial charge in [-0.2, -0.15) is 0 Å². The van der Waals surface area contributed by atoms with Gasteiger partial charge in [0.15, 0.2) is 0 Å². The maximum absolute atomic E-state index is 13.4. The van der Waals surface area contributed by atoms with Crippen LogP contribution < -0.4 is 5.73 Å². The van der Waals surface area contributed by atoms with Crippen molar-refractivity contribution in [2.45, 2.75) is 26.1 Å². The summed E-state index contributed by atoms with van der Waals surface area (Å²) >= 11 is 0. The zero-order chi connectivity index (χ0) is 14.0. The van der Waals surface area contributed by atoms with E-state index in [0.29, 0.717) is 18.5 Å². The minimum Gasteiger partial charge on any atom is -0.326 e. The van der Waals surface area contributed by atoms with Crippen molar-refractivity contribution in [2.75, 3.05) is 27.2 Å². The number of benzene rings is 1. The zero-order valence-corrected chi connectivity index (χ0v) is 12.1. The second-order valence-corrected chi connectivity index (χ2v) is 5.82. The van der Waals surface area contributed by atoms with Gasteiger partial charge in [0, 0.05) is 32.2 Å². The molecule has 0 amide bonds. The number of likely N-dealkylation sites (N-methyl/N-ethyl adjacent to an activating group) is 1. The standard InChI is InChI=1S/C15H24FN3/c1-11-8-19(10-15(11)18(2)3)9-13-6-14(16)5-4-12(13)7-17/h4-6,11,15H,7-10,17H2,1-3H3. The molecule has 3 nitrogen and oxygen atoms in total. The molecule has 2 atom stereocenters. The number of halogens is 1. The van der Waals surface area contributed by atoms with E-state index in [9.17, 15) is 4.39 Å². The van der Waals surface area contributed by atoms with E-state index in [-0.39, 0.29) is 5.82 Å². The van der Waals surface area contributed by atoms with E-state index in [0.717, 1.165) is 30.8 Å². The van der Waals surface area contributed by atoms with E-state index in [4.69, 9.17) is 5.73 Å². The Morgan fingerprint density at radius 3 is 2.63 bits per heavy atom. The normalized spacial score (nSPS) is 24.3. The molecule has 1 fully saturated rings. The molecule has 1 aromatic rings. The first kappa shape index (κ1) is 14.4. The maximum atomic E-state index is 13.4. The lowest BCUT2D eigenvalue weighted by Gasteiger charge is -2.23. The maximum Gasteiger partial charge on any atom is 0.123 e. The quantitative estimate of drug-likeness (QED) is 0.899. The molecule has 1 saturated heterocycles. The average Bonchev–Trinajstić information content (AvgIpc) is 2.71. The Bertz CT molecular complexity index is 433. The number of hydrogen-bond donors (Lipinski definition) is 1. The van der Waals surface area contributed by atoms with Crippen LogP contribution in [-0.2, 0) is 13.1 Å². The lowest BCUT2D eigenvalue weighted by Crippen LogP contribution is -2.34. The van der Waals surface area contributed by atoms with Crippen LogP contribution in [-0.4, -0.2) is 43.0 Å². The second-order valence-electron chi connectivity index (χ2n) is 5.82. The van der Waals surface area contributed by atoms with Crippen molar-refractivity contribution in [2.24, 2.45) is 11.7 Å². The highest BCUT2D eigenvalue weighted by Crippen LogP contribution is 2.23. The van der Waals surface area contributed by atoms with Gasteiger partial charge in [-0.15, -0.1) is 0 Å². The van der Waals surface area contributed by atoms with Crippen molar-refractivity contribution in [3.8, 4) is 0 Å². The van der Waals surface area contributed by atoms with Crippen LogP contribution in [0.15, 0.2) is 18.2 Å². The lowest BCUT2D eigenvalue weighted by molar-refractivity contribution is 0.250. The summed E-state index contributed by atoms with van der Waals surface area (Å²) in [6, 6.07) is 5.49. The van der Waals surface area contributed by atoms with Crippen molar-refractivity contribution in [3.63, 3.8) is 0 Å². The molecule has 0 spiro atoms. The number of nitrogens with two attached hydrogens (primary N) is 1. The van der Waals surface area contributed by atoms with Gasteiger partial charge < -0.3 is 10.6 Å². The second kappa shape index (κ2) is 5.99. The molecule has 106 valence electrons. The van der Waals surface area contributed by atoms with E-state index in [1.807, 2.05) is 0 Å². The van der Waals surface area contributed by atoms with Crippen LogP contribution in [0, 0.1) is 11.7 Å². The number of nitrogens with zero attached hydrogens (tertiary/aromatic N) is 2. The van der Waals surface area contributed by atoms with Gasteiger partial charge in [0.05, 0.1) is 0 Å². The highest BCUT2D eigenvalue weighted by Gasteiger charge is 2.30. The third kappa shape index (κ3) is 3.32. The summed E-state index contributed by atoms with van der Waals surface area (Å²) in [5, 5.41) is 0. The van der Waals surface area contributed by atoms with Crippen LogP contribution in [0.5, 0.6) is 0 Å². The molecule has 2 rings (SSSR count). The van der Waals surface area contributed by atoms with Gasteiger partial charge >= 0.3 is 0 Å². The van der Waals surface area contributed by atoms with Gasteiger partial charge in [0.2, 0.25) is 0 Å². The fraction of sp³-hybridized carbons (Fsp3) is 0.600. The van der Waals surface area contributed by atoms with Crippen LogP contribution in [0.1, 0.15) is 18.1 Å². The zero-order valence-electron chi connectivity index (χ0n) is 12.1. The molecule has 2 unspecified atom stereocenters. The molecule has 2 N–H and O–H groups in total. The summed E-state index contributed by atoms with van der Waals surface area (Å²) in [4.78, 5) is 4.67. The first-order valence-corrected chi connectivity index (χ1v) is 6.87. The molecule has 0 aromatic heterocycles. The van der Waals surface area contributed by atoms with Gasteiger partial charge in [-0.1, -0.05) is 13.0 Å². The summed E-state index contributed by atoms with van der Waals surface area (Å²) in [6.07, 6.45) is 0. The first-order chi connectivity index (χ1) is 9.01. The Kier molecular flexibility index (Phi) is 4.55. The van der Waals surface area contributed by atoms with E-state index in [1.54, 1.807) is 12.1 Å². The number of likely N-dealkylation sites (tertiary alicyclic amines) is 1. The predicted molar refractivity (Wildman–Crippen MR) is 76.2 cm³/mol. The SMILES string of the molecule is CC1CN(Cc2cc(F)ccc2CN)CC1N(C)C. The molecule has 1 aliphatic heterocycles. The van der Waals surface area contributed by atoms with Crippen molar-refractivity contribution >= 4 is 0 Å². The monoisotopic (exact) mass is 265 g/mol. The van der Waals surface area contributed by atoms with E-state index >= 15 is 0 Å². The largest absolute Gasteiger partial charge is 0.326 e. The molecular weight excluding hydrogens is 241 g/mol. The minimum atomic E-state index is -0.177. The van der Waals surface area contributed by atoms with E-state index < -0.39 is 0 Å². The van der Waals surface area contributed by atoms with Crippen LogP contribution in [0.4, 0.5) is 4.39 Å². The van der Waals surface area contributed by atoms with E-state index in [1.165, 1.54) is 6.07 Å². The third-order valence-corrected chi connectivity index (χ3v) is 4.09.